The van der Waals surface area contributed by atoms with Crippen molar-refractivity contribution in [2.24, 2.45) is 0 Å². The third kappa shape index (κ3) is 4.63. The van der Waals surface area contributed by atoms with Crippen molar-refractivity contribution in [1.82, 2.24) is 5.32 Å². The molecule has 0 radical (unpaired) electrons. The second-order valence-corrected chi connectivity index (χ2v) is 9.57. The Bertz CT molecular complexity index is 1080. The van der Waals surface area contributed by atoms with Gasteiger partial charge in [-0.1, -0.05) is 0 Å². The lowest BCUT2D eigenvalue weighted by Crippen LogP contribution is -2.46. The summed E-state index contributed by atoms with van der Waals surface area (Å²) in [6.07, 6.45) is 0.603. The summed E-state index contributed by atoms with van der Waals surface area (Å²) in [7, 11) is -3.83. The van der Waals surface area contributed by atoms with Crippen LogP contribution in [0.25, 0.3) is 0 Å². The molecular formula is C21H25N3O5S. The number of hydrogen-bond acceptors (Lipinski definition) is 5. The molecule has 3 rings (SSSR count). The molecule has 0 bridgehead atoms. The van der Waals surface area contributed by atoms with Gasteiger partial charge in [-0.05, 0) is 68.3 Å². The zero-order valence-electron chi connectivity index (χ0n) is 17.1. The Hall–Kier alpha value is -2.91. The fourth-order valence-electron chi connectivity index (χ4n) is 3.20. The molecule has 0 unspecified atom stereocenters. The number of rotatable bonds is 6. The number of nitrogens with one attached hydrogen (secondary N) is 2. The van der Waals surface area contributed by atoms with E-state index in [1.165, 1.54) is 37.3 Å². The first-order valence-electron chi connectivity index (χ1n) is 9.50. The maximum atomic E-state index is 12.8. The normalized spacial score (nSPS) is 13.7. The van der Waals surface area contributed by atoms with E-state index < -0.39 is 15.6 Å². The predicted octanol–water partition coefficient (Wildman–Crippen LogP) is 1.90. The maximum absolute atomic E-state index is 12.8. The smallest absolute Gasteiger partial charge is 0.261 e. The lowest BCUT2D eigenvalue weighted by atomic mass is 10.1. The van der Waals surface area contributed by atoms with Gasteiger partial charge >= 0.3 is 0 Å². The fraction of sp³-hybridized carbons (Fsp3) is 0.333. The molecule has 8 nitrogen and oxygen atoms in total. The van der Waals surface area contributed by atoms with Crippen LogP contribution in [0, 0.1) is 0 Å². The topological polar surface area (TPSA) is 116 Å². The van der Waals surface area contributed by atoms with Crippen molar-refractivity contribution in [3.8, 4) is 0 Å². The SMILES string of the molecule is CC(=O)N1CCc2cc(S(=O)(=O)Nc3ccc(C(=O)NC(C)(C)CO)cc3)ccc21. The number of carbonyl (C=O) groups excluding carboxylic acids is 2. The van der Waals surface area contributed by atoms with Gasteiger partial charge < -0.3 is 15.3 Å². The van der Waals surface area contributed by atoms with Gasteiger partial charge in [-0.2, -0.15) is 0 Å². The average molecular weight is 432 g/mol. The van der Waals surface area contributed by atoms with Gasteiger partial charge in [0.2, 0.25) is 5.91 Å². The van der Waals surface area contributed by atoms with Crippen molar-refractivity contribution in [2.45, 2.75) is 37.6 Å². The Kier molecular flexibility index (Phi) is 5.87. The van der Waals surface area contributed by atoms with Crippen LogP contribution in [0.5, 0.6) is 0 Å². The highest BCUT2D eigenvalue weighted by molar-refractivity contribution is 7.92. The Morgan fingerprint density at radius 2 is 1.80 bits per heavy atom. The summed E-state index contributed by atoms with van der Waals surface area (Å²) in [6.45, 7) is 5.20. The Morgan fingerprint density at radius 3 is 2.40 bits per heavy atom. The van der Waals surface area contributed by atoms with E-state index in [-0.39, 0.29) is 23.3 Å². The largest absolute Gasteiger partial charge is 0.394 e. The summed E-state index contributed by atoms with van der Waals surface area (Å²) < 4.78 is 28.0. The quantitative estimate of drug-likeness (QED) is 0.646. The first-order valence-corrected chi connectivity index (χ1v) is 11.0. The van der Waals surface area contributed by atoms with Gasteiger partial charge in [0.15, 0.2) is 0 Å². The van der Waals surface area contributed by atoms with Gasteiger partial charge in [0, 0.05) is 30.4 Å². The monoisotopic (exact) mass is 431 g/mol. The molecule has 0 saturated heterocycles. The molecule has 2 amide bonds. The standard InChI is InChI=1S/C21H25N3O5S/c1-14(26)24-11-10-16-12-18(8-9-19(16)24)30(28,29)23-17-6-4-15(5-7-17)20(27)22-21(2,3)13-25/h4-9,12,23,25H,10-11,13H2,1-3H3,(H,22,27). The number of carbonyl (C=O) groups is 2. The molecule has 0 spiro atoms. The van der Waals surface area contributed by atoms with Crippen molar-refractivity contribution in [1.29, 1.82) is 0 Å². The molecule has 30 heavy (non-hydrogen) atoms. The van der Waals surface area contributed by atoms with Gasteiger partial charge in [0.1, 0.15) is 0 Å². The molecule has 0 atom stereocenters. The van der Waals surface area contributed by atoms with Crippen LogP contribution < -0.4 is 14.9 Å². The van der Waals surface area contributed by atoms with E-state index in [2.05, 4.69) is 10.0 Å². The number of anilines is 2. The van der Waals surface area contributed by atoms with Crippen LogP contribution in [0.4, 0.5) is 11.4 Å². The van der Waals surface area contributed by atoms with Crippen molar-refractivity contribution in [3.05, 3.63) is 53.6 Å². The van der Waals surface area contributed by atoms with Crippen LogP contribution in [0.2, 0.25) is 0 Å². The van der Waals surface area contributed by atoms with Crippen molar-refractivity contribution < 1.29 is 23.1 Å². The molecule has 2 aromatic rings. The molecule has 160 valence electrons. The van der Waals surface area contributed by atoms with Crippen molar-refractivity contribution >= 4 is 33.2 Å². The van der Waals surface area contributed by atoms with E-state index in [4.69, 9.17) is 0 Å². The zero-order valence-corrected chi connectivity index (χ0v) is 17.9. The highest BCUT2D eigenvalue weighted by Gasteiger charge is 2.25. The Balaban J connectivity index is 1.75. The number of benzene rings is 2. The molecule has 9 heteroatoms. The molecular weight excluding hydrogens is 406 g/mol. The first kappa shape index (κ1) is 21.8. The minimum Gasteiger partial charge on any atom is -0.394 e. The second kappa shape index (κ2) is 8.08. The van der Waals surface area contributed by atoms with Crippen LogP contribution in [-0.2, 0) is 21.2 Å². The van der Waals surface area contributed by atoms with Gasteiger partial charge in [-0.3, -0.25) is 14.3 Å². The summed E-state index contributed by atoms with van der Waals surface area (Å²) in [4.78, 5) is 25.6. The number of nitrogens with zero attached hydrogens (tertiary/aromatic N) is 1. The molecule has 0 aromatic heterocycles. The van der Waals surface area contributed by atoms with E-state index in [9.17, 15) is 23.1 Å². The molecule has 1 aliphatic rings. The molecule has 1 heterocycles. The minimum atomic E-state index is -3.83. The molecule has 2 aromatic carbocycles. The molecule has 0 saturated carbocycles. The molecule has 1 aliphatic heterocycles. The number of aliphatic hydroxyl groups excluding tert-OH is 1. The van der Waals surface area contributed by atoms with E-state index in [0.717, 1.165) is 11.3 Å². The highest BCUT2D eigenvalue weighted by Crippen LogP contribution is 2.30. The fourth-order valence-corrected chi connectivity index (χ4v) is 4.30. The van der Waals surface area contributed by atoms with Crippen LogP contribution in [0.1, 0.15) is 36.7 Å². The third-order valence-corrected chi connectivity index (χ3v) is 6.26. The first-order chi connectivity index (χ1) is 14.0. The summed E-state index contributed by atoms with van der Waals surface area (Å²) in [6, 6.07) is 10.7. The van der Waals surface area contributed by atoms with Gasteiger partial charge in [-0.25, -0.2) is 8.42 Å². The summed E-state index contributed by atoms with van der Waals surface area (Å²) in [5.41, 5.74) is 1.46. The Morgan fingerprint density at radius 1 is 1.13 bits per heavy atom. The van der Waals surface area contributed by atoms with Crippen LogP contribution >= 0.6 is 0 Å². The number of aliphatic hydroxyl groups is 1. The van der Waals surface area contributed by atoms with E-state index in [1.54, 1.807) is 30.9 Å². The highest BCUT2D eigenvalue weighted by atomic mass is 32.2. The van der Waals surface area contributed by atoms with E-state index in [1.807, 2.05) is 0 Å². The Labute approximate surface area is 176 Å². The van der Waals surface area contributed by atoms with Crippen LogP contribution in [-0.4, -0.2) is 44.0 Å². The van der Waals surface area contributed by atoms with Crippen molar-refractivity contribution in [3.63, 3.8) is 0 Å². The third-order valence-electron chi connectivity index (χ3n) is 4.88. The number of sulfonamides is 1. The summed E-state index contributed by atoms with van der Waals surface area (Å²) in [5.74, 6) is -0.439. The molecule has 0 fully saturated rings. The second-order valence-electron chi connectivity index (χ2n) is 7.89. The average Bonchev–Trinajstić information content (AvgIpc) is 3.11. The molecule has 0 aliphatic carbocycles. The lowest BCUT2D eigenvalue weighted by molar-refractivity contribution is -0.116. The summed E-state index contributed by atoms with van der Waals surface area (Å²) >= 11 is 0. The van der Waals surface area contributed by atoms with E-state index >= 15 is 0 Å². The van der Waals surface area contributed by atoms with Gasteiger partial charge in [0.25, 0.3) is 15.9 Å². The number of hydrogen-bond donors (Lipinski definition) is 3. The van der Waals surface area contributed by atoms with E-state index in [0.29, 0.717) is 24.2 Å². The molecule has 3 N–H and O–H groups in total. The van der Waals surface area contributed by atoms with Gasteiger partial charge in [0.05, 0.1) is 17.0 Å². The lowest BCUT2D eigenvalue weighted by Gasteiger charge is -2.23. The van der Waals surface area contributed by atoms with Crippen LogP contribution in [0.3, 0.4) is 0 Å². The minimum absolute atomic E-state index is 0.0750. The van der Waals surface area contributed by atoms with Gasteiger partial charge in [-0.15, -0.1) is 0 Å². The predicted molar refractivity (Wildman–Crippen MR) is 114 cm³/mol. The maximum Gasteiger partial charge on any atom is 0.261 e. The van der Waals surface area contributed by atoms with Crippen LogP contribution in [0.15, 0.2) is 47.4 Å². The zero-order chi connectivity index (χ0) is 22.1. The summed E-state index contributed by atoms with van der Waals surface area (Å²) in [5, 5.41) is 12.0. The number of fused-ring (bicyclic) bond motifs is 1. The number of amides is 2. The van der Waals surface area contributed by atoms with Crippen molar-refractivity contribution in [2.75, 3.05) is 22.8 Å².